The highest BCUT2D eigenvalue weighted by atomic mass is 32.2. The molecule has 1 aromatic heterocycles. The third-order valence-corrected chi connectivity index (χ3v) is 2.93. The van der Waals surface area contributed by atoms with Crippen LogP contribution in [0.5, 0.6) is 0 Å². The number of H-pyrrole nitrogens is 1. The summed E-state index contributed by atoms with van der Waals surface area (Å²) in [4.78, 5) is 10.8. The van der Waals surface area contributed by atoms with Crippen LogP contribution in [0.4, 0.5) is 13.2 Å². The molecular weight excluding hydrogens is 257 g/mol. The first kappa shape index (κ1) is 13.9. The largest absolute Gasteiger partial charge is 0.478 e. The number of nitrogens with zero attached hydrogens (tertiary/aromatic N) is 1. The number of carbonyl (C=O) groups is 1. The van der Waals surface area contributed by atoms with Gasteiger partial charge in [0.2, 0.25) is 0 Å². The number of aromatic amines is 1. The summed E-state index contributed by atoms with van der Waals surface area (Å²) in [6.07, 6.45) is -4.52. The normalized spacial score (nSPS) is 11.8. The van der Waals surface area contributed by atoms with E-state index in [1.54, 1.807) is 0 Å². The molecule has 0 aromatic carbocycles. The molecule has 0 radical (unpaired) electrons. The fourth-order valence-electron chi connectivity index (χ4n) is 1.31. The van der Waals surface area contributed by atoms with Crippen molar-refractivity contribution in [3.8, 4) is 0 Å². The van der Waals surface area contributed by atoms with Crippen LogP contribution in [0.3, 0.4) is 0 Å². The van der Waals surface area contributed by atoms with Crippen molar-refractivity contribution in [3.05, 3.63) is 17.0 Å². The number of aromatic carboxylic acids is 1. The number of aromatic nitrogens is 2. The van der Waals surface area contributed by atoms with Crippen molar-refractivity contribution in [2.45, 2.75) is 19.5 Å². The molecule has 1 rings (SSSR count). The number of hydrogen-bond donors (Lipinski definition) is 2. The third kappa shape index (κ3) is 3.39. The van der Waals surface area contributed by atoms with Gasteiger partial charge in [-0.2, -0.15) is 30.0 Å². The number of carboxylic acids is 1. The molecule has 96 valence electrons. The Labute approximate surface area is 99.6 Å². The van der Waals surface area contributed by atoms with Crippen LogP contribution in [0, 0.1) is 0 Å². The van der Waals surface area contributed by atoms with Gasteiger partial charge in [-0.15, -0.1) is 0 Å². The average Bonchev–Trinajstić information content (AvgIpc) is 2.61. The lowest BCUT2D eigenvalue weighted by atomic mass is 10.1. The molecule has 8 heteroatoms. The van der Waals surface area contributed by atoms with Crippen molar-refractivity contribution >= 4 is 17.7 Å². The lowest BCUT2D eigenvalue weighted by Gasteiger charge is -2.04. The summed E-state index contributed by atoms with van der Waals surface area (Å²) in [5.41, 5.74) is -2.11. The minimum absolute atomic E-state index is 0.0192. The van der Waals surface area contributed by atoms with E-state index in [0.29, 0.717) is 5.75 Å². The number of alkyl halides is 3. The molecule has 0 unspecified atom stereocenters. The maximum Gasteiger partial charge on any atom is 0.436 e. The molecule has 0 amide bonds. The number of aryl methyl sites for hydroxylation is 1. The van der Waals surface area contributed by atoms with E-state index in [0.717, 1.165) is 5.75 Å². The van der Waals surface area contributed by atoms with E-state index >= 15 is 0 Å². The third-order valence-electron chi connectivity index (χ3n) is 2.02. The summed E-state index contributed by atoms with van der Waals surface area (Å²) in [7, 11) is 0. The maximum atomic E-state index is 12.5. The Kier molecular flexibility index (Phi) is 4.44. The number of halogens is 3. The van der Waals surface area contributed by atoms with Crippen molar-refractivity contribution in [1.82, 2.24) is 10.2 Å². The number of carboxylic acid groups (broad SMARTS) is 1. The molecule has 2 N–H and O–H groups in total. The summed E-state index contributed by atoms with van der Waals surface area (Å²) < 4.78 is 37.4. The Hall–Kier alpha value is -1.18. The minimum atomic E-state index is -4.75. The second-order valence-electron chi connectivity index (χ2n) is 3.18. The van der Waals surface area contributed by atoms with Crippen LogP contribution in [0.2, 0.25) is 0 Å². The molecule has 0 aliphatic rings. The molecule has 1 heterocycles. The fourth-order valence-corrected chi connectivity index (χ4v) is 1.95. The molecule has 0 aliphatic heterocycles. The Morgan fingerprint density at radius 3 is 2.65 bits per heavy atom. The van der Waals surface area contributed by atoms with Crippen LogP contribution in [0.1, 0.15) is 28.7 Å². The van der Waals surface area contributed by atoms with Gasteiger partial charge < -0.3 is 5.11 Å². The van der Waals surface area contributed by atoms with Crippen LogP contribution in [0.15, 0.2) is 0 Å². The lowest BCUT2D eigenvalue weighted by Crippen LogP contribution is -2.13. The van der Waals surface area contributed by atoms with Crippen LogP contribution < -0.4 is 0 Å². The molecule has 4 nitrogen and oxygen atoms in total. The highest BCUT2D eigenvalue weighted by molar-refractivity contribution is 7.99. The van der Waals surface area contributed by atoms with Gasteiger partial charge in [0.15, 0.2) is 5.69 Å². The predicted octanol–water partition coefficient (Wildman–Crippen LogP) is 2.42. The number of hydrogen-bond acceptors (Lipinski definition) is 3. The van der Waals surface area contributed by atoms with E-state index in [4.69, 9.17) is 5.11 Å². The summed E-state index contributed by atoms with van der Waals surface area (Å²) in [6.45, 7) is 1.91. The molecule has 0 bridgehead atoms. The van der Waals surface area contributed by atoms with Crippen molar-refractivity contribution in [2.24, 2.45) is 0 Å². The molecule has 1 aromatic rings. The van der Waals surface area contributed by atoms with Gasteiger partial charge in [0.25, 0.3) is 0 Å². The SMILES string of the molecule is CCSCCc1[nH]nc(C(F)(F)F)c1C(=O)O. The van der Waals surface area contributed by atoms with Gasteiger partial charge in [-0.3, -0.25) is 5.10 Å². The first-order valence-corrected chi connectivity index (χ1v) is 5.98. The van der Waals surface area contributed by atoms with Crippen molar-refractivity contribution in [1.29, 1.82) is 0 Å². The smallest absolute Gasteiger partial charge is 0.436 e. The van der Waals surface area contributed by atoms with Gasteiger partial charge in [0.1, 0.15) is 5.56 Å². The minimum Gasteiger partial charge on any atom is -0.478 e. The summed E-state index contributed by atoms with van der Waals surface area (Å²) in [6, 6.07) is 0. The zero-order valence-corrected chi connectivity index (χ0v) is 9.78. The van der Waals surface area contributed by atoms with Crippen molar-refractivity contribution < 1.29 is 23.1 Å². The molecule has 0 spiro atoms. The Bertz CT molecular complexity index is 403. The van der Waals surface area contributed by atoms with Gasteiger partial charge in [-0.1, -0.05) is 6.92 Å². The fraction of sp³-hybridized carbons (Fsp3) is 0.556. The molecular formula is C9H11F3N2O2S. The van der Waals surface area contributed by atoms with E-state index in [1.165, 1.54) is 11.8 Å². The van der Waals surface area contributed by atoms with E-state index in [-0.39, 0.29) is 12.1 Å². The topological polar surface area (TPSA) is 66.0 Å². The number of thioether (sulfide) groups is 1. The van der Waals surface area contributed by atoms with E-state index in [9.17, 15) is 18.0 Å². The van der Waals surface area contributed by atoms with Gasteiger partial charge in [0, 0.05) is 0 Å². The Morgan fingerprint density at radius 2 is 2.18 bits per heavy atom. The van der Waals surface area contributed by atoms with Crippen LogP contribution in [-0.2, 0) is 12.6 Å². The standard InChI is InChI=1S/C9H11F3N2O2S/c1-2-17-4-3-5-6(8(15)16)7(14-13-5)9(10,11)12/h2-4H2,1H3,(H,13,14)(H,15,16). The molecule has 0 fully saturated rings. The first-order valence-electron chi connectivity index (χ1n) is 4.83. The quantitative estimate of drug-likeness (QED) is 0.805. The average molecular weight is 268 g/mol. The van der Waals surface area contributed by atoms with Crippen LogP contribution in [-0.4, -0.2) is 32.8 Å². The Morgan fingerprint density at radius 1 is 1.53 bits per heavy atom. The zero-order valence-electron chi connectivity index (χ0n) is 8.97. The first-order chi connectivity index (χ1) is 7.88. The van der Waals surface area contributed by atoms with Crippen molar-refractivity contribution in [3.63, 3.8) is 0 Å². The predicted molar refractivity (Wildman–Crippen MR) is 57.3 cm³/mol. The maximum absolute atomic E-state index is 12.5. The molecule has 0 saturated heterocycles. The van der Waals surface area contributed by atoms with E-state index in [2.05, 4.69) is 10.2 Å². The van der Waals surface area contributed by atoms with Crippen LogP contribution in [0.25, 0.3) is 0 Å². The highest BCUT2D eigenvalue weighted by Gasteiger charge is 2.40. The van der Waals surface area contributed by atoms with E-state index < -0.39 is 23.4 Å². The highest BCUT2D eigenvalue weighted by Crippen LogP contribution is 2.31. The molecule has 0 aliphatic carbocycles. The summed E-state index contributed by atoms with van der Waals surface area (Å²) in [5.74, 6) is -0.235. The van der Waals surface area contributed by atoms with Gasteiger partial charge in [-0.05, 0) is 17.9 Å². The molecule has 0 atom stereocenters. The summed E-state index contributed by atoms with van der Waals surface area (Å²) >= 11 is 1.52. The van der Waals surface area contributed by atoms with Gasteiger partial charge >= 0.3 is 12.1 Å². The Balaban J connectivity index is 2.99. The lowest BCUT2D eigenvalue weighted by molar-refractivity contribution is -0.141. The van der Waals surface area contributed by atoms with Gasteiger partial charge in [-0.25, -0.2) is 4.79 Å². The second kappa shape index (κ2) is 5.44. The molecule has 0 saturated carbocycles. The monoisotopic (exact) mass is 268 g/mol. The molecule has 17 heavy (non-hydrogen) atoms. The van der Waals surface area contributed by atoms with Crippen molar-refractivity contribution in [2.75, 3.05) is 11.5 Å². The second-order valence-corrected chi connectivity index (χ2v) is 4.57. The number of rotatable bonds is 5. The number of nitrogens with one attached hydrogen (secondary N) is 1. The zero-order chi connectivity index (χ0) is 13.1. The van der Waals surface area contributed by atoms with Gasteiger partial charge in [0.05, 0.1) is 5.69 Å². The van der Waals surface area contributed by atoms with E-state index in [1.807, 2.05) is 6.92 Å². The van der Waals surface area contributed by atoms with Crippen LogP contribution >= 0.6 is 11.8 Å². The summed E-state index contributed by atoms with van der Waals surface area (Å²) in [5, 5.41) is 14.0.